The number of phenolic OH excluding ortho intramolecular Hbond substituents is 1. The van der Waals surface area contributed by atoms with Crippen molar-refractivity contribution in [3.05, 3.63) is 53.1 Å². The highest BCUT2D eigenvalue weighted by Crippen LogP contribution is 2.40. The maximum atomic E-state index is 10.8. The lowest BCUT2D eigenvalue weighted by Gasteiger charge is -2.28. The predicted octanol–water partition coefficient (Wildman–Crippen LogP) is 6.16. The Labute approximate surface area is 160 Å². The third-order valence-corrected chi connectivity index (χ3v) is 5.47. The molecule has 0 amide bonds. The first-order valence-corrected chi connectivity index (χ1v) is 9.98. The highest BCUT2D eigenvalue weighted by Gasteiger charge is 2.26. The monoisotopic (exact) mass is 368 g/mol. The van der Waals surface area contributed by atoms with Gasteiger partial charge in [-0.3, -0.25) is 0 Å². The zero-order chi connectivity index (χ0) is 19.1. The molecule has 0 atom stereocenters. The van der Waals surface area contributed by atoms with Crippen LogP contribution in [0, 0.1) is 0 Å². The number of aromatic hydroxyl groups is 1. The average molecular weight is 369 g/mol. The molecule has 4 heteroatoms. The van der Waals surface area contributed by atoms with E-state index in [1.807, 2.05) is 24.3 Å². The van der Waals surface area contributed by atoms with Crippen molar-refractivity contribution in [1.82, 2.24) is 9.97 Å². The summed E-state index contributed by atoms with van der Waals surface area (Å²) in [6.45, 7) is 12.9. The molecule has 0 aliphatic rings. The molecule has 0 spiro atoms. The zero-order valence-corrected chi connectivity index (χ0v) is 17.3. The van der Waals surface area contributed by atoms with Crippen molar-refractivity contribution >= 4 is 22.8 Å². The van der Waals surface area contributed by atoms with Crippen LogP contribution in [0.1, 0.15) is 58.2 Å². The largest absolute Gasteiger partial charge is 0.507 e. The molecule has 1 aromatic heterocycles. The number of benzene rings is 2. The van der Waals surface area contributed by atoms with Crippen LogP contribution in [0.5, 0.6) is 5.75 Å². The molecule has 0 saturated heterocycles. The third kappa shape index (κ3) is 3.90. The van der Waals surface area contributed by atoms with E-state index in [1.54, 1.807) is 11.8 Å². The molecule has 26 heavy (non-hydrogen) atoms. The number of aromatic amines is 1. The van der Waals surface area contributed by atoms with Gasteiger partial charge in [0, 0.05) is 5.75 Å². The van der Waals surface area contributed by atoms with Crippen molar-refractivity contribution in [3.63, 3.8) is 0 Å². The van der Waals surface area contributed by atoms with Crippen molar-refractivity contribution in [2.75, 3.05) is 0 Å². The minimum Gasteiger partial charge on any atom is -0.507 e. The molecule has 3 rings (SSSR count). The molecule has 0 aliphatic heterocycles. The van der Waals surface area contributed by atoms with Crippen LogP contribution in [-0.2, 0) is 16.6 Å². The van der Waals surface area contributed by atoms with Gasteiger partial charge in [-0.25, -0.2) is 4.98 Å². The lowest BCUT2D eigenvalue weighted by Crippen LogP contribution is -2.17. The minimum absolute atomic E-state index is 0.107. The van der Waals surface area contributed by atoms with Gasteiger partial charge in [-0.15, -0.1) is 0 Å². The Balaban J connectivity index is 1.93. The first kappa shape index (κ1) is 18.8. The maximum absolute atomic E-state index is 10.8. The smallest absolute Gasteiger partial charge is 0.166 e. The van der Waals surface area contributed by atoms with Gasteiger partial charge < -0.3 is 10.1 Å². The van der Waals surface area contributed by atoms with E-state index in [0.29, 0.717) is 5.75 Å². The summed E-state index contributed by atoms with van der Waals surface area (Å²) in [5, 5.41) is 11.8. The molecule has 1 heterocycles. The summed E-state index contributed by atoms with van der Waals surface area (Å²) in [4.78, 5) is 8.02. The number of H-pyrrole nitrogens is 1. The van der Waals surface area contributed by atoms with E-state index < -0.39 is 0 Å². The predicted molar refractivity (Wildman–Crippen MR) is 111 cm³/mol. The van der Waals surface area contributed by atoms with Gasteiger partial charge in [0.25, 0.3) is 0 Å². The zero-order valence-electron chi connectivity index (χ0n) is 16.5. The summed E-state index contributed by atoms with van der Waals surface area (Å²) in [6, 6.07) is 12.4. The summed E-state index contributed by atoms with van der Waals surface area (Å²) in [7, 11) is 0. The minimum atomic E-state index is -0.107. The van der Waals surface area contributed by atoms with Crippen LogP contribution in [-0.4, -0.2) is 15.1 Å². The molecule has 3 nitrogen and oxygen atoms in total. The van der Waals surface area contributed by atoms with Crippen molar-refractivity contribution < 1.29 is 5.11 Å². The van der Waals surface area contributed by atoms with Crippen LogP contribution < -0.4 is 0 Å². The number of imidazole rings is 1. The maximum Gasteiger partial charge on any atom is 0.166 e. The van der Waals surface area contributed by atoms with Gasteiger partial charge in [-0.1, -0.05) is 77.6 Å². The molecule has 0 bridgehead atoms. The number of fused-ring (bicyclic) bond motifs is 1. The first-order valence-electron chi connectivity index (χ1n) is 9.00. The molecule has 0 fully saturated rings. The molecule has 0 unspecified atom stereocenters. The second kappa shape index (κ2) is 6.66. The standard InChI is InChI=1S/C22H28N2OS/c1-21(2,3)15-11-14(12-16(19(15)25)22(4,5)6)13-26-20-23-17-9-7-8-10-18(17)24-20/h7-12,25H,13H2,1-6H3,(H,23,24). The molecule has 2 aromatic carbocycles. The van der Waals surface area contributed by atoms with Crippen LogP contribution in [0.15, 0.2) is 41.6 Å². The van der Waals surface area contributed by atoms with E-state index in [4.69, 9.17) is 0 Å². The van der Waals surface area contributed by atoms with Gasteiger partial charge in [0.2, 0.25) is 0 Å². The van der Waals surface area contributed by atoms with E-state index in [-0.39, 0.29) is 10.8 Å². The van der Waals surface area contributed by atoms with Gasteiger partial charge in [0.05, 0.1) is 11.0 Å². The Bertz CT molecular complexity index is 861. The van der Waals surface area contributed by atoms with E-state index in [9.17, 15) is 5.11 Å². The van der Waals surface area contributed by atoms with E-state index in [0.717, 1.165) is 33.1 Å². The highest BCUT2D eigenvalue weighted by molar-refractivity contribution is 7.98. The van der Waals surface area contributed by atoms with E-state index in [2.05, 4.69) is 63.6 Å². The highest BCUT2D eigenvalue weighted by atomic mass is 32.2. The van der Waals surface area contributed by atoms with Crippen molar-refractivity contribution in [3.8, 4) is 5.75 Å². The molecular formula is C22H28N2OS. The number of phenols is 1. The first-order chi connectivity index (χ1) is 12.1. The molecule has 3 aromatic rings. The third-order valence-electron chi connectivity index (χ3n) is 4.53. The van der Waals surface area contributed by atoms with Crippen molar-refractivity contribution in [1.29, 1.82) is 0 Å². The van der Waals surface area contributed by atoms with Crippen LogP contribution in [0.3, 0.4) is 0 Å². The number of nitrogens with zero attached hydrogens (tertiary/aromatic N) is 1. The fraction of sp³-hybridized carbons (Fsp3) is 0.409. The topological polar surface area (TPSA) is 48.9 Å². The van der Waals surface area contributed by atoms with Crippen LogP contribution in [0.25, 0.3) is 11.0 Å². The summed E-state index contributed by atoms with van der Waals surface area (Å²) in [6.07, 6.45) is 0. The summed E-state index contributed by atoms with van der Waals surface area (Å²) >= 11 is 1.70. The van der Waals surface area contributed by atoms with E-state index >= 15 is 0 Å². The van der Waals surface area contributed by atoms with Crippen molar-refractivity contribution in [2.45, 2.75) is 63.3 Å². The van der Waals surface area contributed by atoms with Gasteiger partial charge in [0.15, 0.2) is 5.16 Å². The SMILES string of the molecule is CC(C)(C)c1cc(CSc2nc3ccccc3[nH]2)cc(C(C)(C)C)c1O. The number of nitrogens with one attached hydrogen (secondary N) is 1. The Hall–Kier alpha value is -1.94. The Morgan fingerprint density at radius 2 is 1.54 bits per heavy atom. The van der Waals surface area contributed by atoms with Crippen LogP contribution in [0.2, 0.25) is 0 Å². The Morgan fingerprint density at radius 1 is 0.962 bits per heavy atom. The van der Waals surface area contributed by atoms with Crippen molar-refractivity contribution in [2.24, 2.45) is 0 Å². The number of para-hydroxylation sites is 2. The number of aromatic nitrogens is 2. The van der Waals surface area contributed by atoms with Gasteiger partial charge in [-0.2, -0.15) is 0 Å². The lowest BCUT2D eigenvalue weighted by atomic mass is 9.78. The quantitative estimate of drug-likeness (QED) is 0.545. The second-order valence-corrected chi connectivity index (χ2v) is 9.85. The number of thioether (sulfide) groups is 1. The number of hydrogen-bond acceptors (Lipinski definition) is 3. The molecule has 0 aliphatic carbocycles. The molecule has 0 saturated carbocycles. The average Bonchev–Trinajstić information content (AvgIpc) is 2.94. The lowest BCUT2D eigenvalue weighted by molar-refractivity contribution is 0.423. The fourth-order valence-electron chi connectivity index (χ4n) is 3.07. The Kier molecular flexibility index (Phi) is 4.82. The molecular weight excluding hydrogens is 340 g/mol. The second-order valence-electron chi connectivity index (χ2n) is 8.89. The summed E-state index contributed by atoms with van der Waals surface area (Å²) < 4.78 is 0. The molecule has 138 valence electrons. The number of hydrogen-bond donors (Lipinski definition) is 2. The Morgan fingerprint density at radius 3 is 2.08 bits per heavy atom. The normalized spacial score (nSPS) is 12.7. The van der Waals surface area contributed by atoms with Gasteiger partial charge in [-0.05, 0) is 39.7 Å². The van der Waals surface area contributed by atoms with E-state index in [1.165, 1.54) is 5.56 Å². The van der Waals surface area contributed by atoms with Gasteiger partial charge >= 0.3 is 0 Å². The summed E-state index contributed by atoms with van der Waals surface area (Å²) in [5.74, 6) is 1.24. The van der Waals surface area contributed by atoms with Gasteiger partial charge in [0.1, 0.15) is 5.75 Å². The molecule has 0 radical (unpaired) electrons. The number of rotatable bonds is 3. The fourth-order valence-corrected chi connectivity index (χ4v) is 3.89. The van der Waals surface area contributed by atoms with Crippen LogP contribution in [0.4, 0.5) is 0 Å². The van der Waals surface area contributed by atoms with Crippen LogP contribution >= 0.6 is 11.8 Å². The molecule has 2 N–H and O–H groups in total. The summed E-state index contributed by atoms with van der Waals surface area (Å²) in [5.41, 5.74) is 5.06.